The second kappa shape index (κ2) is 6.75. The number of likely N-dealkylation sites (tertiary alicyclic amines) is 1. The van der Waals surface area contributed by atoms with E-state index in [0.717, 1.165) is 31.1 Å². The smallest absolute Gasteiger partial charge is 0.231 e. The molecule has 1 aromatic rings. The molecule has 3 aliphatic heterocycles. The number of hydrogen-bond donors (Lipinski definition) is 1. The molecule has 7 nitrogen and oxygen atoms in total. The summed E-state index contributed by atoms with van der Waals surface area (Å²) in [4.78, 5) is 2.37. The first-order valence-electron chi connectivity index (χ1n) is 8.74. The number of sulfonamides is 1. The molecule has 2 saturated heterocycles. The number of hydrogen-bond acceptors (Lipinski definition) is 6. The molecule has 3 heterocycles. The molecule has 3 aliphatic rings. The third-order valence-corrected chi connectivity index (χ3v) is 6.67. The SMILES string of the molecule is CCS(=O)(=O)NC[C@@H]1CO[C@H]2CN(Cc3ccc4c(c3)OCO4)C[C@@H]12. The van der Waals surface area contributed by atoms with Gasteiger partial charge in [0.25, 0.3) is 0 Å². The fraction of sp³-hybridized carbons (Fsp3) is 0.647. The lowest BCUT2D eigenvalue weighted by Crippen LogP contribution is -2.34. The quantitative estimate of drug-likeness (QED) is 0.800. The highest BCUT2D eigenvalue weighted by molar-refractivity contribution is 7.89. The van der Waals surface area contributed by atoms with Gasteiger partial charge < -0.3 is 14.2 Å². The van der Waals surface area contributed by atoms with Crippen molar-refractivity contribution in [2.75, 3.05) is 38.8 Å². The number of ether oxygens (including phenoxy) is 3. The van der Waals surface area contributed by atoms with Crippen molar-refractivity contribution in [2.45, 2.75) is 19.6 Å². The average Bonchev–Trinajstić information content (AvgIpc) is 3.28. The fourth-order valence-corrected chi connectivity index (χ4v) is 4.52. The Balaban J connectivity index is 1.35. The normalized spacial score (nSPS) is 28.4. The standard InChI is InChI=1S/C17H24N2O5S/c1-2-25(20,21)18-6-13-10-22-17-9-19(8-14(13)17)7-12-3-4-15-16(5-12)24-11-23-15/h3-5,13-14,17-18H,2,6-11H2,1H3/t13-,14+,17+/m1/s1. The fourth-order valence-electron chi connectivity index (χ4n) is 3.85. The lowest BCUT2D eigenvalue weighted by molar-refractivity contribution is 0.0942. The van der Waals surface area contributed by atoms with Crippen LogP contribution in [0.25, 0.3) is 0 Å². The van der Waals surface area contributed by atoms with E-state index in [4.69, 9.17) is 14.2 Å². The van der Waals surface area contributed by atoms with Gasteiger partial charge in [-0.2, -0.15) is 0 Å². The van der Waals surface area contributed by atoms with Crippen molar-refractivity contribution < 1.29 is 22.6 Å². The highest BCUT2D eigenvalue weighted by atomic mass is 32.2. The van der Waals surface area contributed by atoms with Crippen LogP contribution in [0.3, 0.4) is 0 Å². The van der Waals surface area contributed by atoms with E-state index in [1.807, 2.05) is 12.1 Å². The summed E-state index contributed by atoms with van der Waals surface area (Å²) in [6.45, 7) is 5.69. The van der Waals surface area contributed by atoms with Gasteiger partial charge in [-0.05, 0) is 24.6 Å². The minimum absolute atomic E-state index is 0.116. The van der Waals surface area contributed by atoms with Crippen LogP contribution >= 0.6 is 0 Å². The Morgan fingerprint density at radius 3 is 2.92 bits per heavy atom. The van der Waals surface area contributed by atoms with Gasteiger partial charge in [0.1, 0.15) is 0 Å². The summed E-state index contributed by atoms with van der Waals surface area (Å²) in [5.41, 5.74) is 1.19. The van der Waals surface area contributed by atoms with E-state index in [1.54, 1.807) is 6.92 Å². The number of nitrogens with one attached hydrogen (secondary N) is 1. The molecule has 138 valence electrons. The maximum Gasteiger partial charge on any atom is 0.231 e. The molecule has 0 radical (unpaired) electrons. The predicted octanol–water partition coefficient (Wildman–Crippen LogP) is 0.801. The Hall–Kier alpha value is -1.35. The topological polar surface area (TPSA) is 77.1 Å². The molecule has 0 aromatic heterocycles. The zero-order valence-corrected chi connectivity index (χ0v) is 15.1. The van der Waals surface area contributed by atoms with Gasteiger partial charge in [0.2, 0.25) is 16.8 Å². The van der Waals surface area contributed by atoms with Crippen molar-refractivity contribution >= 4 is 10.0 Å². The Bertz CT molecular complexity index is 739. The highest BCUT2D eigenvalue weighted by Gasteiger charge is 2.43. The minimum atomic E-state index is -3.15. The zero-order chi connectivity index (χ0) is 17.4. The van der Waals surface area contributed by atoms with E-state index >= 15 is 0 Å². The molecular weight excluding hydrogens is 344 g/mol. The second-order valence-electron chi connectivity index (χ2n) is 6.93. The van der Waals surface area contributed by atoms with E-state index < -0.39 is 10.0 Å². The lowest BCUT2D eigenvalue weighted by atomic mass is 9.93. The van der Waals surface area contributed by atoms with Crippen molar-refractivity contribution in [3.63, 3.8) is 0 Å². The van der Waals surface area contributed by atoms with Crippen molar-refractivity contribution in [2.24, 2.45) is 11.8 Å². The van der Waals surface area contributed by atoms with Crippen LogP contribution in [0.4, 0.5) is 0 Å². The first-order valence-corrected chi connectivity index (χ1v) is 10.4. The molecule has 4 rings (SSSR count). The van der Waals surface area contributed by atoms with E-state index in [1.165, 1.54) is 5.56 Å². The minimum Gasteiger partial charge on any atom is -0.454 e. The van der Waals surface area contributed by atoms with Crippen molar-refractivity contribution in [3.8, 4) is 11.5 Å². The van der Waals surface area contributed by atoms with Gasteiger partial charge in [0.05, 0.1) is 18.5 Å². The monoisotopic (exact) mass is 368 g/mol. The Labute approximate surface area is 148 Å². The summed E-state index contributed by atoms with van der Waals surface area (Å²) in [5.74, 6) is 2.35. The van der Waals surface area contributed by atoms with E-state index in [-0.39, 0.29) is 24.6 Å². The van der Waals surface area contributed by atoms with Crippen LogP contribution in [-0.2, 0) is 21.3 Å². The van der Waals surface area contributed by atoms with Gasteiger partial charge in [-0.1, -0.05) is 6.07 Å². The Morgan fingerprint density at radius 1 is 1.24 bits per heavy atom. The molecular formula is C17H24N2O5S. The highest BCUT2D eigenvalue weighted by Crippen LogP contribution is 2.36. The number of rotatable bonds is 6. The molecule has 0 saturated carbocycles. The third-order valence-electron chi connectivity index (χ3n) is 5.30. The van der Waals surface area contributed by atoms with Crippen molar-refractivity contribution in [1.29, 1.82) is 0 Å². The predicted molar refractivity (Wildman–Crippen MR) is 92.0 cm³/mol. The molecule has 0 bridgehead atoms. The molecule has 8 heteroatoms. The third kappa shape index (κ3) is 3.62. The molecule has 0 amide bonds. The first-order chi connectivity index (χ1) is 12.0. The number of benzene rings is 1. The summed E-state index contributed by atoms with van der Waals surface area (Å²) >= 11 is 0. The van der Waals surface area contributed by atoms with Gasteiger partial charge in [0.15, 0.2) is 11.5 Å². The summed E-state index contributed by atoms with van der Waals surface area (Å²) < 4.78 is 42.7. The summed E-state index contributed by atoms with van der Waals surface area (Å²) in [5, 5.41) is 0. The van der Waals surface area contributed by atoms with Gasteiger partial charge in [-0.15, -0.1) is 0 Å². The van der Waals surface area contributed by atoms with E-state index in [2.05, 4.69) is 15.7 Å². The van der Waals surface area contributed by atoms with Crippen LogP contribution in [0.15, 0.2) is 18.2 Å². The van der Waals surface area contributed by atoms with Crippen LogP contribution in [-0.4, -0.2) is 58.2 Å². The van der Waals surface area contributed by atoms with Crippen molar-refractivity contribution in [1.82, 2.24) is 9.62 Å². The first kappa shape index (κ1) is 17.1. The molecule has 25 heavy (non-hydrogen) atoms. The summed E-state index contributed by atoms with van der Waals surface area (Å²) in [6.07, 6.45) is 0.199. The number of fused-ring (bicyclic) bond motifs is 2. The van der Waals surface area contributed by atoms with Gasteiger partial charge >= 0.3 is 0 Å². The molecule has 0 aliphatic carbocycles. The van der Waals surface area contributed by atoms with E-state index in [9.17, 15) is 8.42 Å². The number of nitrogens with zero attached hydrogens (tertiary/aromatic N) is 1. The van der Waals surface area contributed by atoms with Crippen LogP contribution < -0.4 is 14.2 Å². The largest absolute Gasteiger partial charge is 0.454 e. The molecule has 1 aromatic carbocycles. The van der Waals surface area contributed by atoms with Crippen LogP contribution in [0, 0.1) is 11.8 Å². The molecule has 2 fully saturated rings. The molecule has 3 atom stereocenters. The van der Waals surface area contributed by atoms with Crippen LogP contribution in [0.1, 0.15) is 12.5 Å². The van der Waals surface area contributed by atoms with Crippen LogP contribution in [0.5, 0.6) is 11.5 Å². The van der Waals surface area contributed by atoms with Gasteiger partial charge in [0, 0.05) is 38.0 Å². The van der Waals surface area contributed by atoms with Crippen LogP contribution in [0.2, 0.25) is 0 Å². The summed E-state index contributed by atoms with van der Waals surface area (Å²) in [6, 6.07) is 6.05. The van der Waals surface area contributed by atoms with Crippen molar-refractivity contribution in [3.05, 3.63) is 23.8 Å². The Kier molecular flexibility index (Phi) is 4.61. The summed E-state index contributed by atoms with van der Waals surface area (Å²) in [7, 11) is -3.15. The zero-order valence-electron chi connectivity index (χ0n) is 14.3. The Morgan fingerprint density at radius 2 is 2.08 bits per heavy atom. The molecule has 0 spiro atoms. The second-order valence-corrected chi connectivity index (χ2v) is 9.02. The van der Waals surface area contributed by atoms with Gasteiger partial charge in [-0.3, -0.25) is 4.90 Å². The lowest BCUT2D eigenvalue weighted by Gasteiger charge is -2.20. The average molecular weight is 368 g/mol. The molecule has 0 unspecified atom stereocenters. The molecule has 1 N–H and O–H groups in total. The maximum atomic E-state index is 11.7. The van der Waals surface area contributed by atoms with Gasteiger partial charge in [-0.25, -0.2) is 13.1 Å². The maximum absolute atomic E-state index is 11.7. The van der Waals surface area contributed by atoms with E-state index in [0.29, 0.717) is 19.1 Å².